The minimum atomic E-state index is -1.41. The van der Waals surface area contributed by atoms with E-state index < -0.39 is 10.5 Å². The van der Waals surface area contributed by atoms with E-state index in [0.717, 1.165) is 16.7 Å². The van der Waals surface area contributed by atoms with Crippen LogP contribution in [0.4, 0.5) is 4.79 Å². The molecule has 0 unspecified atom stereocenters. The molecule has 2 aromatic carbocycles. The highest BCUT2D eigenvalue weighted by Crippen LogP contribution is 2.57. The van der Waals surface area contributed by atoms with Crippen LogP contribution in [0, 0.1) is 0 Å². The Morgan fingerprint density at radius 1 is 1.15 bits per heavy atom. The third-order valence-corrected chi connectivity index (χ3v) is 6.91. The van der Waals surface area contributed by atoms with Crippen molar-refractivity contribution in [2.24, 2.45) is 0 Å². The largest absolute Gasteiger partial charge is 0.493 e. The van der Waals surface area contributed by atoms with Crippen molar-refractivity contribution in [3.8, 4) is 11.5 Å². The quantitative estimate of drug-likeness (QED) is 0.872. The van der Waals surface area contributed by atoms with Crippen LogP contribution < -0.4 is 9.47 Å². The second-order valence-corrected chi connectivity index (χ2v) is 8.65. The number of carbonyl (C=O) groups is 1. The van der Waals surface area contributed by atoms with Gasteiger partial charge in [-0.15, -0.1) is 0 Å². The Morgan fingerprint density at radius 2 is 1.81 bits per heavy atom. The van der Waals surface area contributed by atoms with Crippen LogP contribution in [0.3, 0.4) is 0 Å². The summed E-state index contributed by atoms with van der Waals surface area (Å²) in [5.74, 6) is 1.19. The van der Waals surface area contributed by atoms with Crippen LogP contribution in [-0.2, 0) is 18.6 Å². The lowest BCUT2D eigenvalue weighted by Crippen LogP contribution is -2.57. The summed E-state index contributed by atoms with van der Waals surface area (Å²) >= 11 is 1.22. The van der Waals surface area contributed by atoms with Crippen LogP contribution in [0.15, 0.2) is 42.5 Å². The first-order valence-corrected chi connectivity index (χ1v) is 9.77. The molecule has 0 aliphatic carbocycles. The number of amides is 1. The van der Waals surface area contributed by atoms with E-state index in [-0.39, 0.29) is 5.24 Å². The molecule has 0 radical (unpaired) electrons. The van der Waals surface area contributed by atoms with Gasteiger partial charge < -0.3 is 14.6 Å². The van der Waals surface area contributed by atoms with Gasteiger partial charge in [0, 0.05) is 12.1 Å². The maximum atomic E-state index is 12.8. The molecule has 1 amide bonds. The van der Waals surface area contributed by atoms with E-state index in [1.165, 1.54) is 11.8 Å². The van der Waals surface area contributed by atoms with Gasteiger partial charge in [0.15, 0.2) is 17.2 Å². The van der Waals surface area contributed by atoms with Gasteiger partial charge in [0.1, 0.15) is 0 Å². The SMILES string of the molecule is COc1cc2c(cc1OC)[C@@]1(O)N(CC2)C(=O)S[C@]1(C)Cc1ccccc1. The zero-order valence-electron chi connectivity index (χ0n) is 15.7. The summed E-state index contributed by atoms with van der Waals surface area (Å²) in [6.07, 6.45) is 1.25. The first-order chi connectivity index (χ1) is 12.9. The van der Waals surface area contributed by atoms with E-state index in [0.29, 0.717) is 30.9 Å². The van der Waals surface area contributed by atoms with E-state index >= 15 is 0 Å². The predicted octanol–water partition coefficient (Wildman–Crippen LogP) is 3.58. The van der Waals surface area contributed by atoms with Crippen molar-refractivity contribution in [1.29, 1.82) is 0 Å². The maximum Gasteiger partial charge on any atom is 0.284 e. The standard InChI is InChI=1S/C21H23NO4S/c1-20(13-14-7-5-4-6-8-14)21(24)16-12-18(26-3)17(25-2)11-15(16)9-10-22(21)19(23)27-20/h4-8,11-12,24H,9-10,13H2,1-3H3/t20-,21+/m1/s1. The molecule has 0 bridgehead atoms. The van der Waals surface area contributed by atoms with Gasteiger partial charge in [-0.05, 0) is 43.0 Å². The van der Waals surface area contributed by atoms with Crippen LogP contribution >= 0.6 is 11.8 Å². The molecule has 4 rings (SSSR count). The van der Waals surface area contributed by atoms with Crippen molar-refractivity contribution in [2.75, 3.05) is 20.8 Å². The summed E-state index contributed by atoms with van der Waals surface area (Å²) in [7, 11) is 3.18. The van der Waals surface area contributed by atoms with Crippen molar-refractivity contribution >= 4 is 17.0 Å². The van der Waals surface area contributed by atoms with Gasteiger partial charge in [-0.1, -0.05) is 42.1 Å². The van der Waals surface area contributed by atoms with Crippen LogP contribution in [0.25, 0.3) is 0 Å². The minimum absolute atomic E-state index is 0.0867. The molecule has 2 atom stereocenters. The molecule has 2 heterocycles. The molecule has 5 nitrogen and oxygen atoms in total. The minimum Gasteiger partial charge on any atom is -0.493 e. The Morgan fingerprint density at radius 3 is 2.48 bits per heavy atom. The van der Waals surface area contributed by atoms with Crippen molar-refractivity contribution in [3.05, 3.63) is 59.2 Å². The molecule has 0 aromatic heterocycles. The van der Waals surface area contributed by atoms with Crippen LogP contribution in [0.5, 0.6) is 11.5 Å². The third-order valence-electron chi connectivity index (χ3n) is 5.64. The van der Waals surface area contributed by atoms with Crippen molar-refractivity contribution in [1.82, 2.24) is 4.90 Å². The molecule has 6 heteroatoms. The van der Waals surface area contributed by atoms with E-state index in [1.54, 1.807) is 19.1 Å². The number of hydrogen-bond acceptors (Lipinski definition) is 5. The Labute approximate surface area is 163 Å². The molecule has 0 saturated carbocycles. The van der Waals surface area contributed by atoms with Gasteiger partial charge in [-0.3, -0.25) is 9.69 Å². The van der Waals surface area contributed by atoms with E-state index in [4.69, 9.17) is 9.47 Å². The highest BCUT2D eigenvalue weighted by molar-refractivity contribution is 8.15. The molecule has 2 aliphatic heterocycles. The molecule has 0 spiro atoms. The third kappa shape index (κ3) is 2.62. The molecule has 2 aliphatic rings. The average Bonchev–Trinajstić information content (AvgIpc) is 2.87. The molecule has 1 N–H and O–H groups in total. The number of benzene rings is 2. The number of aliphatic hydroxyl groups is 1. The fourth-order valence-electron chi connectivity index (χ4n) is 4.25. The Hall–Kier alpha value is -2.18. The molecule has 27 heavy (non-hydrogen) atoms. The predicted molar refractivity (Wildman–Crippen MR) is 105 cm³/mol. The highest BCUT2D eigenvalue weighted by atomic mass is 32.2. The smallest absolute Gasteiger partial charge is 0.284 e. The summed E-state index contributed by atoms with van der Waals surface area (Å²) < 4.78 is 10.2. The molecule has 142 valence electrons. The van der Waals surface area contributed by atoms with E-state index in [9.17, 15) is 9.90 Å². The molecule has 1 saturated heterocycles. The highest BCUT2D eigenvalue weighted by Gasteiger charge is 2.63. The molecule has 2 aromatic rings. The number of fused-ring (bicyclic) bond motifs is 3. The lowest BCUT2D eigenvalue weighted by atomic mass is 9.78. The second-order valence-electron chi connectivity index (χ2n) is 7.20. The van der Waals surface area contributed by atoms with Crippen molar-refractivity contribution in [2.45, 2.75) is 30.2 Å². The molecular weight excluding hydrogens is 362 g/mol. The number of hydrogen-bond donors (Lipinski definition) is 1. The van der Waals surface area contributed by atoms with Crippen LogP contribution in [0.2, 0.25) is 0 Å². The summed E-state index contributed by atoms with van der Waals surface area (Å²) in [5, 5.41) is 11.9. The first kappa shape index (κ1) is 18.2. The summed E-state index contributed by atoms with van der Waals surface area (Å²) in [6, 6.07) is 13.7. The van der Waals surface area contributed by atoms with Gasteiger partial charge in [0.2, 0.25) is 0 Å². The number of ether oxygens (including phenoxy) is 2. The number of methoxy groups -OCH3 is 2. The van der Waals surface area contributed by atoms with Crippen LogP contribution in [-0.4, -0.2) is 40.8 Å². The van der Waals surface area contributed by atoms with Gasteiger partial charge in [-0.25, -0.2) is 0 Å². The molecular formula is C21H23NO4S. The van der Waals surface area contributed by atoms with Gasteiger partial charge in [0.05, 0.1) is 19.0 Å². The Kier molecular flexibility index (Phi) is 4.35. The van der Waals surface area contributed by atoms with E-state index in [1.807, 2.05) is 49.4 Å². The number of carbonyl (C=O) groups excluding carboxylic acids is 1. The van der Waals surface area contributed by atoms with E-state index in [2.05, 4.69) is 0 Å². The van der Waals surface area contributed by atoms with Crippen molar-refractivity contribution < 1.29 is 19.4 Å². The zero-order chi connectivity index (χ0) is 19.2. The molecule has 1 fully saturated rings. The topological polar surface area (TPSA) is 59.0 Å². The van der Waals surface area contributed by atoms with Gasteiger partial charge >= 0.3 is 0 Å². The maximum absolute atomic E-state index is 12.8. The Balaban J connectivity index is 1.86. The fraction of sp³-hybridized carbons (Fsp3) is 0.381. The normalized spacial score (nSPS) is 26.5. The van der Waals surface area contributed by atoms with Crippen LogP contribution in [0.1, 0.15) is 23.6 Å². The lowest BCUT2D eigenvalue weighted by Gasteiger charge is -2.46. The Bertz CT molecular complexity index is 887. The summed E-state index contributed by atoms with van der Waals surface area (Å²) in [4.78, 5) is 14.4. The number of thioether (sulfide) groups is 1. The van der Waals surface area contributed by atoms with Gasteiger partial charge in [0.25, 0.3) is 5.24 Å². The van der Waals surface area contributed by atoms with Gasteiger partial charge in [-0.2, -0.15) is 0 Å². The number of nitrogens with zero attached hydrogens (tertiary/aromatic N) is 1. The zero-order valence-corrected chi connectivity index (χ0v) is 16.5. The summed E-state index contributed by atoms with van der Waals surface area (Å²) in [6.45, 7) is 2.45. The lowest BCUT2D eigenvalue weighted by molar-refractivity contribution is -0.109. The second kappa shape index (κ2) is 6.46. The van der Waals surface area contributed by atoms with Crippen molar-refractivity contribution in [3.63, 3.8) is 0 Å². The monoisotopic (exact) mass is 385 g/mol. The summed E-state index contributed by atoms with van der Waals surface area (Å²) in [5.41, 5.74) is 1.39. The first-order valence-electron chi connectivity index (χ1n) is 8.95. The fourth-order valence-corrected chi connectivity index (χ4v) is 5.57. The number of rotatable bonds is 4. The average molecular weight is 385 g/mol.